The molecule has 0 spiro atoms. The fourth-order valence-corrected chi connectivity index (χ4v) is 5.08. The van der Waals surface area contributed by atoms with E-state index in [4.69, 9.17) is 5.10 Å². The van der Waals surface area contributed by atoms with Gasteiger partial charge in [0.1, 0.15) is 16.9 Å². The summed E-state index contributed by atoms with van der Waals surface area (Å²) in [6.45, 7) is 8.65. The van der Waals surface area contributed by atoms with Gasteiger partial charge in [-0.05, 0) is 77.3 Å². The molecule has 3 heterocycles. The van der Waals surface area contributed by atoms with Gasteiger partial charge in [0.2, 0.25) is 5.91 Å². The van der Waals surface area contributed by atoms with E-state index in [9.17, 15) is 9.59 Å². The third kappa shape index (κ3) is 4.47. The van der Waals surface area contributed by atoms with Crippen molar-refractivity contribution in [2.45, 2.75) is 77.4 Å². The molecule has 0 bridgehead atoms. The monoisotopic (exact) mass is 440 g/mol. The van der Waals surface area contributed by atoms with Gasteiger partial charge in [0.25, 0.3) is 5.91 Å². The van der Waals surface area contributed by atoms with Crippen molar-refractivity contribution in [1.82, 2.24) is 20.0 Å². The van der Waals surface area contributed by atoms with Gasteiger partial charge >= 0.3 is 0 Å². The predicted octanol–water partition coefficient (Wildman–Crippen LogP) is 4.63. The summed E-state index contributed by atoms with van der Waals surface area (Å²) in [7, 11) is 0. The number of fused-ring (bicyclic) bond motifs is 1. The number of hydrogen-bond donors (Lipinski definition) is 1. The molecule has 7 heteroatoms. The van der Waals surface area contributed by atoms with E-state index < -0.39 is 5.54 Å². The van der Waals surface area contributed by atoms with Crippen molar-refractivity contribution in [1.29, 1.82) is 0 Å². The van der Waals surface area contributed by atoms with Crippen LogP contribution in [0.5, 0.6) is 0 Å². The molecule has 0 radical (unpaired) electrons. The molecular formula is C24H32N4O2S. The predicted molar refractivity (Wildman–Crippen MR) is 124 cm³/mol. The summed E-state index contributed by atoms with van der Waals surface area (Å²) in [5.74, 6) is -0.255. The minimum atomic E-state index is -0.995. The highest BCUT2D eigenvalue weighted by Gasteiger charge is 2.48. The summed E-state index contributed by atoms with van der Waals surface area (Å²) in [6, 6.07) is 5.84. The molecule has 1 aliphatic heterocycles. The SMILES string of the molecule is CC(C)(C)NC(=O)[C@]1(C)Cn2nc(-c3cccs3)cc2C(=O)N1CCC1=CCCCC1. The van der Waals surface area contributed by atoms with Crippen LogP contribution in [0.15, 0.2) is 35.2 Å². The number of hydrogen-bond acceptors (Lipinski definition) is 4. The number of rotatable bonds is 5. The molecule has 0 fully saturated rings. The molecular weight excluding hydrogens is 408 g/mol. The average molecular weight is 441 g/mol. The largest absolute Gasteiger partial charge is 0.349 e. The van der Waals surface area contributed by atoms with Gasteiger partial charge in [-0.3, -0.25) is 14.3 Å². The Bertz CT molecular complexity index is 999. The molecule has 2 aromatic rings. The highest BCUT2D eigenvalue weighted by Crippen LogP contribution is 2.33. The second-order valence-corrected chi connectivity index (χ2v) is 10.8. The van der Waals surface area contributed by atoms with Gasteiger partial charge in [-0.2, -0.15) is 5.10 Å². The fourth-order valence-electron chi connectivity index (χ4n) is 4.40. The highest BCUT2D eigenvalue weighted by atomic mass is 32.1. The first kappa shape index (κ1) is 21.8. The number of nitrogens with one attached hydrogen (secondary N) is 1. The second-order valence-electron chi connectivity index (χ2n) is 9.84. The van der Waals surface area contributed by atoms with E-state index >= 15 is 0 Å². The van der Waals surface area contributed by atoms with Crippen LogP contribution in [0.3, 0.4) is 0 Å². The second kappa shape index (κ2) is 8.26. The topological polar surface area (TPSA) is 67.2 Å². The maximum absolute atomic E-state index is 13.6. The van der Waals surface area contributed by atoms with E-state index in [0.29, 0.717) is 18.8 Å². The maximum Gasteiger partial charge on any atom is 0.273 e. The summed E-state index contributed by atoms with van der Waals surface area (Å²) >= 11 is 1.60. The molecule has 1 aliphatic carbocycles. The third-order valence-electron chi connectivity index (χ3n) is 6.09. The van der Waals surface area contributed by atoms with Crippen LogP contribution >= 0.6 is 11.3 Å². The number of thiophene rings is 1. The first-order valence-corrected chi connectivity index (χ1v) is 12.0. The minimum Gasteiger partial charge on any atom is -0.349 e. The summed E-state index contributed by atoms with van der Waals surface area (Å²) in [6.07, 6.45) is 7.77. The van der Waals surface area contributed by atoms with E-state index in [1.165, 1.54) is 18.4 Å². The standard InChI is InChI=1S/C24H32N4O2S/c1-23(2,3)25-22(30)24(4)16-28-19(15-18(26-28)20-11-8-14-31-20)21(29)27(24)13-12-17-9-6-5-7-10-17/h8-9,11,14-15H,5-7,10,12-13,16H2,1-4H3,(H,25,30)/t24-/m0/s1. The molecule has 0 aromatic carbocycles. The van der Waals surface area contributed by atoms with Crippen molar-refractivity contribution in [3.05, 3.63) is 40.9 Å². The van der Waals surface area contributed by atoms with Gasteiger partial charge < -0.3 is 10.2 Å². The van der Waals surface area contributed by atoms with Crippen molar-refractivity contribution in [3.8, 4) is 10.6 Å². The van der Waals surface area contributed by atoms with E-state index in [1.807, 2.05) is 51.3 Å². The Labute approximate surface area is 188 Å². The summed E-state index contributed by atoms with van der Waals surface area (Å²) < 4.78 is 1.72. The maximum atomic E-state index is 13.6. The lowest BCUT2D eigenvalue weighted by molar-refractivity contribution is -0.134. The Kier molecular flexibility index (Phi) is 5.81. The molecule has 166 valence electrons. The van der Waals surface area contributed by atoms with Gasteiger partial charge in [0, 0.05) is 12.1 Å². The number of nitrogens with zero attached hydrogens (tertiary/aromatic N) is 3. The summed E-state index contributed by atoms with van der Waals surface area (Å²) in [4.78, 5) is 29.9. The van der Waals surface area contributed by atoms with Crippen molar-refractivity contribution in [2.24, 2.45) is 0 Å². The van der Waals surface area contributed by atoms with Gasteiger partial charge in [0.05, 0.1) is 11.4 Å². The smallest absolute Gasteiger partial charge is 0.273 e. The zero-order chi connectivity index (χ0) is 22.2. The van der Waals surface area contributed by atoms with Crippen LogP contribution in [0, 0.1) is 0 Å². The van der Waals surface area contributed by atoms with Crippen molar-refractivity contribution in [3.63, 3.8) is 0 Å². The van der Waals surface area contributed by atoms with E-state index in [2.05, 4.69) is 11.4 Å². The summed E-state index contributed by atoms with van der Waals surface area (Å²) in [5.41, 5.74) is 1.37. The van der Waals surface area contributed by atoms with Crippen LogP contribution in [0.4, 0.5) is 0 Å². The van der Waals surface area contributed by atoms with Crippen molar-refractivity contribution < 1.29 is 9.59 Å². The lowest BCUT2D eigenvalue weighted by atomic mass is 9.91. The van der Waals surface area contributed by atoms with Crippen molar-refractivity contribution >= 4 is 23.2 Å². The Morgan fingerprint density at radius 2 is 2.13 bits per heavy atom. The Morgan fingerprint density at radius 3 is 2.77 bits per heavy atom. The molecule has 1 atom stereocenters. The molecule has 0 unspecified atom stereocenters. The number of allylic oxidation sites excluding steroid dienone is 1. The molecule has 4 rings (SSSR count). The molecule has 0 saturated carbocycles. The Hall–Kier alpha value is -2.41. The first-order valence-electron chi connectivity index (χ1n) is 11.1. The van der Waals surface area contributed by atoms with Crippen molar-refractivity contribution in [2.75, 3.05) is 6.54 Å². The van der Waals surface area contributed by atoms with E-state index in [0.717, 1.165) is 29.8 Å². The van der Waals surface area contributed by atoms with Gasteiger partial charge in [-0.25, -0.2) is 0 Å². The Balaban J connectivity index is 1.67. The molecule has 2 aliphatic rings. The molecule has 0 saturated heterocycles. The quantitative estimate of drug-likeness (QED) is 0.689. The van der Waals surface area contributed by atoms with Crippen LogP contribution in [0.2, 0.25) is 0 Å². The zero-order valence-corrected chi connectivity index (χ0v) is 19.7. The van der Waals surface area contributed by atoms with Crippen LogP contribution in [-0.4, -0.2) is 44.1 Å². The number of amides is 2. The number of carbonyl (C=O) groups is 2. The van der Waals surface area contributed by atoms with Gasteiger partial charge in [0.15, 0.2) is 0 Å². The summed E-state index contributed by atoms with van der Waals surface area (Å²) in [5, 5.41) is 9.79. The number of aromatic nitrogens is 2. The molecule has 6 nitrogen and oxygen atoms in total. The molecule has 1 N–H and O–H groups in total. The Morgan fingerprint density at radius 1 is 1.32 bits per heavy atom. The lowest BCUT2D eigenvalue weighted by Crippen LogP contribution is -2.66. The van der Waals surface area contributed by atoms with Crippen LogP contribution in [0.1, 0.15) is 70.3 Å². The van der Waals surface area contributed by atoms with Crippen LogP contribution in [-0.2, 0) is 11.3 Å². The third-order valence-corrected chi connectivity index (χ3v) is 6.98. The van der Waals surface area contributed by atoms with Crippen LogP contribution in [0.25, 0.3) is 10.6 Å². The fraction of sp³-hybridized carbons (Fsp3) is 0.542. The lowest BCUT2D eigenvalue weighted by Gasteiger charge is -2.44. The number of carbonyl (C=O) groups excluding carboxylic acids is 2. The molecule has 2 aromatic heterocycles. The zero-order valence-electron chi connectivity index (χ0n) is 18.9. The van der Waals surface area contributed by atoms with Crippen LogP contribution < -0.4 is 5.32 Å². The molecule has 2 amide bonds. The average Bonchev–Trinajstić information content (AvgIpc) is 3.37. The van der Waals surface area contributed by atoms with Gasteiger partial charge in [-0.15, -0.1) is 11.3 Å². The normalized spacial score (nSPS) is 21.6. The molecule has 31 heavy (non-hydrogen) atoms. The highest BCUT2D eigenvalue weighted by molar-refractivity contribution is 7.13. The van der Waals surface area contributed by atoms with Gasteiger partial charge in [-0.1, -0.05) is 17.7 Å². The first-order chi connectivity index (χ1) is 14.7. The minimum absolute atomic E-state index is 0.121. The van der Waals surface area contributed by atoms with E-state index in [1.54, 1.807) is 20.9 Å². The van der Waals surface area contributed by atoms with E-state index in [-0.39, 0.29) is 17.4 Å².